The van der Waals surface area contributed by atoms with E-state index in [-0.39, 0.29) is 46.6 Å². The van der Waals surface area contributed by atoms with Crippen molar-refractivity contribution in [2.24, 2.45) is 16.6 Å². The number of carbonyl (C=O) groups is 1. The molecule has 154 valence electrons. The standard InChI is InChI=1S/C15H24ClN5O3S2.HI/c1-18-15(21-8-2-3-11(10-21)9-13(17)22)19-6-7-20-26(23,24)14-5-4-12(16)25-14;/h4-5,11,20H,2-3,6-10H2,1H3,(H2,17,22)(H,18,19);1H. The Bertz CT molecular complexity index is 756. The quantitative estimate of drug-likeness (QED) is 0.206. The maximum absolute atomic E-state index is 12.1. The predicted octanol–water partition coefficient (Wildman–Crippen LogP) is 1.46. The van der Waals surface area contributed by atoms with Crippen molar-refractivity contribution in [1.29, 1.82) is 0 Å². The first-order valence-corrected chi connectivity index (χ1v) is 11.0. The number of aliphatic imine (C=N–C) groups is 1. The van der Waals surface area contributed by atoms with Gasteiger partial charge in [-0.15, -0.1) is 35.3 Å². The molecule has 0 aliphatic carbocycles. The molecular formula is C15H25ClIN5O3S2. The molecule has 8 nitrogen and oxygen atoms in total. The molecule has 1 aliphatic heterocycles. The van der Waals surface area contributed by atoms with Crippen LogP contribution in [0.4, 0.5) is 0 Å². The summed E-state index contributed by atoms with van der Waals surface area (Å²) in [4.78, 5) is 17.4. The third-order valence-corrected chi connectivity index (χ3v) is 7.22. The van der Waals surface area contributed by atoms with E-state index in [1.165, 1.54) is 6.07 Å². The molecule has 1 aliphatic rings. The van der Waals surface area contributed by atoms with Crippen LogP contribution < -0.4 is 15.8 Å². The fourth-order valence-corrected chi connectivity index (χ4v) is 5.47. The van der Waals surface area contributed by atoms with E-state index in [1.54, 1.807) is 13.1 Å². The molecule has 4 N–H and O–H groups in total. The number of piperidine rings is 1. The van der Waals surface area contributed by atoms with Gasteiger partial charge in [0.1, 0.15) is 4.21 Å². The molecule has 1 saturated heterocycles. The van der Waals surface area contributed by atoms with E-state index >= 15 is 0 Å². The highest BCUT2D eigenvalue weighted by Crippen LogP contribution is 2.25. The molecule has 0 aromatic carbocycles. The van der Waals surface area contributed by atoms with E-state index in [2.05, 4.69) is 19.9 Å². The number of primary amides is 1. The van der Waals surface area contributed by atoms with Gasteiger partial charge in [-0.1, -0.05) is 11.6 Å². The lowest BCUT2D eigenvalue weighted by Crippen LogP contribution is -2.48. The summed E-state index contributed by atoms with van der Waals surface area (Å²) >= 11 is 6.80. The molecule has 0 radical (unpaired) electrons. The van der Waals surface area contributed by atoms with Crippen LogP contribution in [0.2, 0.25) is 4.34 Å². The molecule has 2 heterocycles. The molecule has 0 spiro atoms. The first-order chi connectivity index (χ1) is 12.3. The van der Waals surface area contributed by atoms with Crippen molar-refractivity contribution in [2.75, 3.05) is 33.2 Å². The van der Waals surface area contributed by atoms with Gasteiger partial charge in [-0.2, -0.15) is 0 Å². The first kappa shape index (κ1) is 24.4. The lowest BCUT2D eigenvalue weighted by atomic mass is 9.95. The van der Waals surface area contributed by atoms with Crippen molar-refractivity contribution in [3.63, 3.8) is 0 Å². The average Bonchev–Trinajstić information content (AvgIpc) is 3.02. The Kier molecular flexibility index (Phi) is 10.3. The number of nitrogens with one attached hydrogen (secondary N) is 2. The number of halogens is 2. The van der Waals surface area contributed by atoms with Crippen molar-refractivity contribution < 1.29 is 13.2 Å². The zero-order valence-electron chi connectivity index (χ0n) is 15.0. The number of rotatable bonds is 7. The van der Waals surface area contributed by atoms with Crippen molar-refractivity contribution in [3.05, 3.63) is 16.5 Å². The summed E-state index contributed by atoms with van der Waals surface area (Å²) in [6.07, 6.45) is 2.31. The molecule has 1 atom stereocenters. The van der Waals surface area contributed by atoms with E-state index < -0.39 is 10.0 Å². The van der Waals surface area contributed by atoms with Crippen LogP contribution >= 0.6 is 46.9 Å². The molecule has 27 heavy (non-hydrogen) atoms. The highest BCUT2D eigenvalue weighted by molar-refractivity contribution is 14.0. The summed E-state index contributed by atoms with van der Waals surface area (Å²) in [6.45, 7) is 2.16. The number of nitrogens with zero attached hydrogens (tertiary/aromatic N) is 2. The van der Waals surface area contributed by atoms with Crippen LogP contribution in [0.5, 0.6) is 0 Å². The van der Waals surface area contributed by atoms with Gasteiger partial charge in [-0.05, 0) is 30.9 Å². The topological polar surface area (TPSA) is 117 Å². The van der Waals surface area contributed by atoms with Gasteiger partial charge in [0.25, 0.3) is 0 Å². The second-order valence-corrected chi connectivity index (χ2v) is 9.76. The normalized spacial score (nSPS) is 18.1. The monoisotopic (exact) mass is 549 g/mol. The number of carbonyl (C=O) groups excluding carboxylic acids is 1. The molecule has 1 amide bonds. The van der Waals surface area contributed by atoms with Crippen LogP contribution in [-0.2, 0) is 14.8 Å². The van der Waals surface area contributed by atoms with Crippen LogP contribution in [0.1, 0.15) is 19.3 Å². The molecule has 1 fully saturated rings. The minimum Gasteiger partial charge on any atom is -0.370 e. The maximum Gasteiger partial charge on any atom is 0.250 e. The van der Waals surface area contributed by atoms with Crippen LogP contribution in [0.3, 0.4) is 0 Å². The third kappa shape index (κ3) is 7.72. The fourth-order valence-electron chi connectivity index (χ4n) is 2.91. The second kappa shape index (κ2) is 11.4. The van der Waals surface area contributed by atoms with Crippen LogP contribution in [-0.4, -0.2) is 58.4 Å². The highest BCUT2D eigenvalue weighted by Gasteiger charge is 2.23. The Morgan fingerprint density at radius 2 is 2.19 bits per heavy atom. The Morgan fingerprint density at radius 3 is 2.78 bits per heavy atom. The number of sulfonamides is 1. The van der Waals surface area contributed by atoms with Crippen molar-refractivity contribution in [1.82, 2.24) is 14.9 Å². The summed E-state index contributed by atoms with van der Waals surface area (Å²) in [5.74, 6) is 0.627. The Labute approximate surface area is 186 Å². The van der Waals surface area contributed by atoms with Crippen LogP contribution in [0, 0.1) is 5.92 Å². The average molecular weight is 550 g/mol. The molecule has 1 unspecified atom stereocenters. The number of likely N-dealkylation sites (tertiary alicyclic amines) is 1. The third-order valence-electron chi connectivity index (χ3n) is 4.03. The summed E-state index contributed by atoms with van der Waals surface area (Å²) in [5.41, 5.74) is 5.29. The molecule has 1 aromatic rings. The Balaban J connectivity index is 0.00000364. The number of hydrogen-bond donors (Lipinski definition) is 3. The molecule has 2 rings (SSSR count). The molecule has 1 aromatic heterocycles. The number of nitrogens with two attached hydrogens (primary N) is 1. The van der Waals surface area contributed by atoms with Gasteiger partial charge in [0.15, 0.2) is 5.96 Å². The number of amides is 1. The van der Waals surface area contributed by atoms with Gasteiger partial charge in [0, 0.05) is 39.6 Å². The van der Waals surface area contributed by atoms with Gasteiger partial charge < -0.3 is 16.0 Å². The Hall–Kier alpha value is -0.630. The van der Waals surface area contributed by atoms with E-state index in [1.807, 2.05) is 0 Å². The predicted molar refractivity (Wildman–Crippen MR) is 119 cm³/mol. The van der Waals surface area contributed by atoms with Gasteiger partial charge in [0.2, 0.25) is 15.9 Å². The number of hydrogen-bond acceptors (Lipinski definition) is 5. The van der Waals surface area contributed by atoms with E-state index in [9.17, 15) is 13.2 Å². The van der Waals surface area contributed by atoms with E-state index in [4.69, 9.17) is 17.3 Å². The summed E-state index contributed by atoms with van der Waals surface area (Å²) in [6, 6.07) is 3.04. The van der Waals surface area contributed by atoms with Crippen molar-refractivity contribution >= 4 is 68.8 Å². The molecular weight excluding hydrogens is 525 g/mol. The van der Waals surface area contributed by atoms with Crippen molar-refractivity contribution in [3.8, 4) is 0 Å². The number of thiophene rings is 1. The molecule has 0 bridgehead atoms. The first-order valence-electron chi connectivity index (χ1n) is 8.30. The van der Waals surface area contributed by atoms with Gasteiger partial charge in [-0.25, -0.2) is 13.1 Å². The van der Waals surface area contributed by atoms with Crippen LogP contribution in [0.25, 0.3) is 0 Å². The zero-order valence-corrected chi connectivity index (χ0v) is 19.7. The fraction of sp³-hybridized carbons (Fsp3) is 0.600. The lowest BCUT2D eigenvalue weighted by Gasteiger charge is -2.34. The SMILES string of the molecule is CN=C(NCCNS(=O)(=O)c1ccc(Cl)s1)N1CCCC(CC(N)=O)C1.I. The minimum atomic E-state index is -3.55. The largest absolute Gasteiger partial charge is 0.370 e. The lowest BCUT2D eigenvalue weighted by molar-refractivity contribution is -0.119. The maximum atomic E-state index is 12.1. The van der Waals surface area contributed by atoms with Gasteiger partial charge >= 0.3 is 0 Å². The minimum absolute atomic E-state index is 0. The van der Waals surface area contributed by atoms with Crippen molar-refractivity contribution in [2.45, 2.75) is 23.5 Å². The smallest absolute Gasteiger partial charge is 0.250 e. The van der Waals surface area contributed by atoms with E-state index in [0.717, 1.165) is 30.7 Å². The second-order valence-electron chi connectivity index (χ2n) is 6.06. The highest BCUT2D eigenvalue weighted by atomic mass is 127. The molecule has 12 heteroatoms. The molecule has 0 saturated carbocycles. The zero-order chi connectivity index (χ0) is 19.2. The van der Waals surface area contributed by atoms with Gasteiger partial charge in [-0.3, -0.25) is 9.79 Å². The Morgan fingerprint density at radius 1 is 1.44 bits per heavy atom. The van der Waals surface area contributed by atoms with Gasteiger partial charge in [0.05, 0.1) is 4.34 Å². The number of guanidine groups is 1. The summed E-state index contributed by atoms with van der Waals surface area (Å²) in [5, 5.41) is 3.15. The summed E-state index contributed by atoms with van der Waals surface area (Å²) in [7, 11) is -1.87. The van der Waals surface area contributed by atoms with Crippen LogP contribution in [0.15, 0.2) is 21.3 Å². The summed E-state index contributed by atoms with van der Waals surface area (Å²) < 4.78 is 27.4. The van der Waals surface area contributed by atoms with E-state index in [0.29, 0.717) is 29.8 Å².